The van der Waals surface area contributed by atoms with Crippen LogP contribution in [-0.4, -0.2) is 19.5 Å². The zero-order valence-electron chi connectivity index (χ0n) is 19.9. The van der Waals surface area contributed by atoms with E-state index in [2.05, 4.69) is 29.0 Å². The molecule has 0 spiro atoms. The minimum atomic E-state index is -3.99. The van der Waals surface area contributed by atoms with Gasteiger partial charge in [-0.3, -0.25) is 4.79 Å². The van der Waals surface area contributed by atoms with Crippen molar-refractivity contribution >= 4 is 27.5 Å². The molecule has 0 saturated heterocycles. The Hall–Kier alpha value is -3.13. The minimum Gasteiger partial charge on any atom is -0.337 e. The quantitative estimate of drug-likeness (QED) is 0.450. The number of nitrogens with one attached hydrogen (secondary N) is 2. The number of rotatable bonds is 8. The van der Waals surface area contributed by atoms with Crippen LogP contribution in [0.1, 0.15) is 44.5 Å². The number of sulfonamides is 1. The predicted octanol–water partition coefficient (Wildman–Crippen LogP) is 5.55. The second-order valence-corrected chi connectivity index (χ2v) is 10.6. The predicted molar refractivity (Wildman–Crippen MR) is 131 cm³/mol. The lowest BCUT2D eigenvalue weighted by Crippen LogP contribution is -2.18. The third-order valence-corrected chi connectivity index (χ3v) is 6.74. The van der Waals surface area contributed by atoms with E-state index in [1.54, 1.807) is 39.8 Å². The largest absolute Gasteiger partial charge is 0.337 e. The summed E-state index contributed by atoms with van der Waals surface area (Å²) in [7, 11) is -3.99. The summed E-state index contributed by atoms with van der Waals surface area (Å²) in [6.07, 6.45) is 0.932. The highest BCUT2D eigenvalue weighted by Gasteiger charge is 2.24. The number of hydrogen-bond donors (Lipinski definition) is 2. The topological polar surface area (TPSA) is 101 Å². The Morgan fingerprint density at radius 1 is 1.03 bits per heavy atom. The SMILES string of the molecule is Cc1noc(NS(=O)(=O)c2ccc(NC(=O)C(C)C)cc2-c2ccc(CC(C)C)cc2)c1C. The highest BCUT2D eigenvalue weighted by Crippen LogP contribution is 2.33. The number of anilines is 2. The monoisotopic (exact) mass is 469 g/mol. The number of nitrogens with zero attached hydrogens (tertiary/aromatic N) is 1. The molecule has 0 unspecified atom stereocenters. The third-order valence-electron chi connectivity index (χ3n) is 5.35. The molecule has 0 fully saturated rings. The average molecular weight is 470 g/mol. The molecular formula is C25H31N3O4S. The first kappa shape index (κ1) is 24.5. The molecule has 1 aromatic heterocycles. The summed E-state index contributed by atoms with van der Waals surface area (Å²) in [5.74, 6) is 0.253. The van der Waals surface area contributed by atoms with Gasteiger partial charge in [0.1, 0.15) is 0 Å². The van der Waals surface area contributed by atoms with E-state index in [-0.39, 0.29) is 22.6 Å². The van der Waals surface area contributed by atoms with Gasteiger partial charge in [0.25, 0.3) is 10.0 Å². The number of benzene rings is 2. The van der Waals surface area contributed by atoms with Gasteiger partial charge in [-0.1, -0.05) is 57.1 Å². The molecule has 0 saturated carbocycles. The summed E-state index contributed by atoms with van der Waals surface area (Å²) in [6, 6.07) is 12.6. The summed E-state index contributed by atoms with van der Waals surface area (Å²) >= 11 is 0. The fourth-order valence-electron chi connectivity index (χ4n) is 3.33. The standard InChI is InChI=1S/C25H31N3O4S/c1-15(2)13-19-7-9-20(10-8-19)22-14-21(26-24(29)16(3)4)11-12-23(22)33(30,31)28-25-17(5)18(6)27-32-25/h7-12,14-16,28H,13H2,1-6H3,(H,26,29). The van der Waals surface area contributed by atoms with Crippen LogP contribution >= 0.6 is 0 Å². The van der Waals surface area contributed by atoms with Gasteiger partial charge in [-0.25, -0.2) is 13.1 Å². The molecule has 33 heavy (non-hydrogen) atoms. The lowest BCUT2D eigenvalue weighted by Gasteiger charge is -2.15. The summed E-state index contributed by atoms with van der Waals surface area (Å²) in [5, 5.41) is 6.67. The van der Waals surface area contributed by atoms with Crippen molar-refractivity contribution in [3.63, 3.8) is 0 Å². The molecule has 0 aliphatic rings. The summed E-state index contributed by atoms with van der Waals surface area (Å²) in [4.78, 5) is 12.3. The molecule has 2 aromatic carbocycles. The maximum absolute atomic E-state index is 13.3. The summed E-state index contributed by atoms with van der Waals surface area (Å²) in [5.41, 5.74) is 4.15. The van der Waals surface area contributed by atoms with E-state index >= 15 is 0 Å². The maximum atomic E-state index is 13.3. The molecule has 8 heteroatoms. The van der Waals surface area contributed by atoms with Gasteiger partial charge in [-0.05, 0) is 55.5 Å². The van der Waals surface area contributed by atoms with Crippen LogP contribution in [0.15, 0.2) is 51.9 Å². The lowest BCUT2D eigenvalue weighted by molar-refractivity contribution is -0.118. The highest BCUT2D eigenvalue weighted by atomic mass is 32.2. The van der Waals surface area contributed by atoms with Crippen molar-refractivity contribution in [3.05, 3.63) is 59.3 Å². The van der Waals surface area contributed by atoms with Crippen molar-refractivity contribution in [1.29, 1.82) is 0 Å². The molecule has 0 bridgehead atoms. The number of carbonyl (C=O) groups excluding carboxylic acids is 1. The van der Waals surface area contributed by atoms with Crippen molar-refractivity contribution in [2.45, 2.75) is 52.9 Å². The van der Waals surface area contributed by atoms with Gasteiger partial charge in [-0.2, -0.15) is 0 Å². The minimum absolute atomic E-state index is 0.0788. The van der Waals surface area contributed by atoms with Crippen LogP contribution in [-0.2, 0) is 21.2 Å². The summed E-state index contributed by atoms with van der Waals surface area (Å²) < 4.78 is 34.3. The zero-order valence-corrected chi connectivity index (χ0v) is 20.7. The molecule has 0 aliphatic heterocycles. The molecular weight excluding hydrogens is 438 g/mol. The van der Waals surface area contributed by atoms with E-state index in [1.807, 2.05) is 24.3 Å². The Morgan fingerprint density at radius 3 is 2.24 bits per heavy atom. The van der Waals surface area contributed by atoms with Gasteiger partial charge < -0.3 is 9.84 Å². The number of aromatic nitrogens is 1. The van der Waals surface area contributed by atoms with Gasteiger partial charge in [0.15, 0.2) is 0 Å². The van der Waals surface area contributed by atoms with Crippen LogP contribution in [0.2, 0.25) is 0 Å². The molecule has 1 heterocycles. The Morgan fingerprint density at radius 2 is 1.70 bits per heavy atom. The van der Waals surface area contributed by atoms with Gasteiger partial charge in [0.2, 0.25) is 11.8 Å². The first-order valence-corrected chi connectivity index (χ1v) is 12.5. The van der Waals surface area contributed by atoms with Crippen molar-refractivity contribution in [3.8, 4) is 11.1 Å². The Kier molecular flexibility index (Phi) is 7.27. The van der Waals surface area contributed by atoms with E-state index in [4.69, 9.17) is 4.52 Å². The van der Waals surface area contributed by atoms with Gasteiger partial charge in [0.05, 0.1) is 10.6 Å². The Bertz CT molecular complexity index is 1240. The Balaban J connectivity index is 2.06. The van der Waals surface area contributed by atoms with Crippen LogP contribution < -0.4 is 10.0 Å². The second kappa shape index (κ2) is 9.79. The summed E-state index contributed by atoms with van der Waals surface area (Å²) in [6.45, 7) is 11.4. The molecule has 0 radical (unpaired) electrons. The van der Waals surface area contributed by atoms with Crippen molar-refractivity contribution in [2.75, 3.05) is 10.0 Å². The normalized spacial score (nSPS) is 11.8. The van der Waals surface area contributed by atoms with E-state index < -0.39 is 10.0 Å². The highest BCUT2D eigenvalue weighted by molar-refractivity contribution is 7.92. The van der Waals surface area contributed by atoms with E-state index in [1.165, 1.54) is 11.6 Å². The zero-order chi connectivity index (χ0) is 24.3. The number of carbonyl (C=O) groups is 1. The number of amides is 1. The van der Waals surface area contributed by atoms with E-state index in [0.29, 0.717) is 28.4 Å². The Labute approximate surface area is 195 Å². The van der Waals surface area contributed by atoms with Gasteiger partial charge in [-0.15, -0.1) is 0 Å². The number of hydrogen-bond acceptors (Lipinski definition) is 5. The second-order valence-electron chi connectivity index (χ2n) is 8.98. The first-order chi connectivity index (χ1) is 15.5. The molecule has 2 N–H and O–H groups in total. The van der Waals surface area contributed by atoms with Gasteiger partial charge >= 0.3 is 0 Å². The van der Waals surface area contributed by atoms with Crippen LogP contribution in [0.4, 0.5) is 11.6 Å². The fourth-order valence-corrected chi connectivity index (χ4v) is 4.59. The van der Waals surface area contributed by atoms with Crippen molar-refractivity contribution in [2.24, 2.45) is 11.8 Å². The fraction of sp³-hybridized carbons (Fsp3) is 0.360. The maximum Gasteiger partial charge on any atom is 0.264 e. The molecule has 3 aromatic rings. The molecule has 0 aliphatic carbocycles. The van der Waals surface area contributed by atoms with Crippen LogP contribution in [0.3, 0.4) is 0 Å². The average Bonchev–Trinajstić information content (AvgIpc) is 3.05. The van der Waals surface area contributed by atoms with Crippen LogP contribution in [0.5, 0.6) is 0 Å². The first-order valence-electron chi connectivity index (χ1n) is 11.0. The van der Waals surface area contributed by atoms with E-state index in [0.717, 1.165) is 12.0 Å². The number of aryl methyl sites for hydroxylation is 1. The van der Waals surface area contributed by atoms with Crippen molar-refractivity contribution < 1.29 is 17.7 Å². The van der Waals surface area contributed by atoms with Crippen LogP contribution in [0.25, 0.3) is 11.1 Å². The molecule has 176 valence electrons. The lowest BCUT2D eigenvalue weighted by atomic mass is 9.99. The molecule has 3 rings (SSSR count). The van der Waals surface area contributed by atoms with Gasteiger partial charge in [0, 0.05) is 22.7 Å². The molecule has 0 atom stereocenters. The van der Waals surface area contributed by atoms with E-state index in [9.17, 15) is 13.2 Å². The molecule has 7 nitrogen and oxygen atoms in total. The van der Waals surface area contributed by atoms with Crippen molar-refractivity contribution in [1.82, 2.24) is 5.16 Å². The smallest absolute Gasteiger partial charge is 0.264 e. The van der Waals surface area contributed by atoms with Crippen LogP contribution in [0, 0.1) is 25.7 Å². The molecule has 1 amide bonds. The third kappa shape index (κ3) is 5.82.